The molecule has 3 nitrogen and oxygen atoms in total. The summed E-state index contributed by atoms with van der Waals surface area (Å²) in [6.45, 7) is 1.97. The lowest BCUT2D eigenvalue weighted by molar-refractivity contribution is 0.441. The topological polar surface area (TPSA) is 38.1 Å². The number of nitrogens with one attached hydrogen (secondary N) is 1. The number of rotatable bonds is 3. The molecule has 0 saturated carbocycles. The fourth-order valence-electron chi connectivity index (χ4n) is 2.21. The van der Waals surface area contributed by atoms with Crippen LogP contribution < -0.4 is 5.32 Å². The molecule has 0 saturated heterocycles. The second kappa shape index (κ2) is 5.06. The van der Waals surface area contributed by atoms with Crippen molar-refractivity contribution in [1.29, 1.82) is 0 Å². The molecule has 1 unspecified atom stereocenters. The Bertz CT molecular complexity index is 751. The third-order valence-electron chi connectivity index (χ3n) is 3.46. The van der Waals surface area contributed by atoms with Crippen LogP contribution in [0.5, 0.6) is 0 Å². The molecule has 0 radical (unpaired) electrons. The third kappa shape index (κ3) is 2.08. The second-order valence-corrected chi connectivity index (χ2v) is 4.71. The average Bonchev–Trinajstić information content (AvgIpc) is 2.97. The van der Waals surface area contributed by atoms with E-state index in [4.69, 9.17) is 4.42 Å². The Labute approximate surface area is 116 Å². The maximum absolute atomic E-state index is 13.8. The van der Waals surface area contributed by atoms with Gasteiger partial charge in [0.25, 0.3) is 0 Å². The molecule has 1 N–H and O–H groups in total. The van der Waals surface area contributed by atoms with Crippen LogP contribution in [0.2, 0.25) is 0 Å². The van der Waals surface area contributed by atoms with Gasteiger partial charge in [0.2, 0.25) is 5.89 Å². The summed E-state index contributed by atoms with van der Waals surface area (Å²) in [5, 5.41) is 4.49. The Morgan fingerprint density at radius 2 is 1.90 bits per heavy atom. The van der Waals surface area contributed by atoms with Crippen molar-refractivity contribution in [2.75, 3.05) is 7.05 Å². The summed E-state index contributed by atoms with van der Waals surface area (Å²) in [7, 11) is 1.85. The van der Waals surface area contributed by atoms with Crippen molar-refractivity contribution in [3.63, 3.8) is 0 Å². The van der Waals surface area contributed by atoms with Crippen molar-refractivity contribution in [2.45, 2.75) is 13.0 Å². The number of oxazole rings is 1. The lowest BCUT2D eigenvalue weighted by Gasteiger charge is -2.06. The zero-order valence-electron chi connectivity index (χ0n) is 11.4. The van der Waals surface area contributed by atoms with E-state index in [1.807, 2.05) is 32.2 Å². The van der Waals surface area contributed by atoms with Crippen LogP contribution in [-0.2, 0) is 0 Å². The Morgan fingerprint density at radius 3 is 2.65 bits per heavy atom. The molecule has 3 aromatic rings. The van der Waals surface area contributed by atoms with Crippen LogP contribution in [0, 0.1) is 5.82 Å². The Hall–Kier alpha value is -2.20. The SMILES string of the molecule is CNC(C)c1ncc(-c2ccc(F)c3ccccc23)o1. The highest BCUT2D eigenvalue weighted by Crippen LogP contribution is 2.31. The van der Waals surface area contributed by atoms with Crippen molar-refractivity contribution in [3.05, 3.63) is 54.3 Å². The summed E-state index contributed by atoms with van der Waals surface area (Å²) >= 11 is 0. The quantitative estimate of drug-likeness (QED) is 0.784. The first-order valence-corrected chi connectivity index (χ1v) is 6.51. The van der Waals surface area contributed by atoms with Gasteiger partial charge in [0.05, 0.1) is 12.2 Å². The van der Waals surface area contributed by atoms with Gasteiger partial charge in [-0.05, 0) is 31.5 Å². The lowest BCUT2D eigenvalue weighted by atomic mass is 10.0. The zero-order valence-corrected chi connectivity index (χ0v) is 11.4. The molecule has 0 aliphatic rings. The minimum Gasteiger partial charge on any atom is -0.439 e. The number of aromatic nitrogens is 1. The number of benzene rings is 2. The van der Waals surface area contributed by atoms with Crippen molar-refractivity contribution >= 4 is 10.8 Å². The molecule has 0 amide bonds. The fraction of sp³-hybridized carbons (Fsp3) is 0.188. The van der Waals surface area contributed by atoms with E-state index < -0.39 is 0 Å². The van der Waals surface area contributed by atoms with E-state index in [0.29, 0.717) is 17.0 Å². The van der Waals surface area contributed by atoms with Crippen molar-refractivity contribution in [1.82, 2.24) is 10.3 Å². The molecule has 20 heavy (non-hydrogen) atoms. The molecule has 2 aromatic carbocycles. The molecule has 4 heteroatoms. The van der Waals surface area contributed by atoms with Gasteiger partial charge in [-0.15, -0.1) is 0 Å². The standard InChI is InChI=1S/C16H15FN2O/c1-10(18-2)16-19-9-15(20-16)13-7-8-14(17)12-6-4-3-5-11(12)13/h3-10,18H,1-2H3. The largest absolute Gasteiger partial charge is 0.439 e. The van der Waals surface area contributed by atoms with Crippen LogP contribution in [0.3, 0.4) is 0 Å². The van der Waals surface area contributed by atoms with Crippen LogP contribution in [0.1, 0.15) is 18.9 Å². The molecule has 0 bridgehead atoms. The summed E-state index contributed by atoms with van der Waals surface area (Å²) in [5.74, 6) is 1.04. The molecule has 0 aliphatic heterocycles. The number of hydrogen-bond donors (Lipinski definition) is 1. The van der Waals surface area contributed by atoms with Gasteiger partial charge < -0.3 is 9.73 Å². The van der Waals surface area contributed by atoms with E-state index in [9.17, 15) is 4.39 Å². The van der Waals surface area contributed by atoms with Gasteiger partial charge in [-0.25, -0.2) is 9.37 Å². The zero-order chi connectivity index (χ0) is 14.1. The maximum atomic E-state index is 13.8. The molecule has 102 valence electrons. The van der Waals surface area contributed by atoms with Crippen LogP contribution in [-0.4, -0.2) is 12.0 Å². The van der Waals surface area contributed by atoms with Crippen molar-refractivity contribution in [3.8, 4) is 11.3 Å². The number of fused-ring (bicyclic) bond motifs is 1. The van der Waals surface area contributed by atoms with Gasteiger partial charge >= 0.3 is 0 Å². The molecule has 1 atom stereocenters. The van der Waals surface area contributed by atoms with E-state index in [0.717, 1.165) is 10.9 Å². The van der Waals surface area contributed by atoms with E-state index >= 15 is 0 Å². The summed E-state index contributed by atoms with van der Waals surface area (Å²) < 4.78 is 19.6. The van der Waals surface area contributed by atoms with Gasteiger partial charge in [0.1, 0.15) is 5.82 Å². The first-order valence-electron chi connectivity index (χ1n) is 6.51. The van der Waals surface area contributed by atoms with Gasteiger partial charge in [-0.2, -0.15) is 0 Å². The minimum atomic E-state index is -0.229. The monoisotopic (exact) mass is 270 g/mol. The molecule has 1 aromatic heterocycles. The number of halogens is 1. The predicted molar refractivity (Wildman–Crippen MR) is 76.9 cm³/mol. The summed E-state index contributed by atoms with van der Waals surface area (Å²) in [5.41, 5.74) is 0.851. The highest BCUT2D eigenvalue weighted by Gasteiger charge is 2.14. The molecular weight excluding hydrogens is 255 g/mol. The van der Waals surface area contributed by atoms with Crippen LogP contribution >= 0.6 is 0 Å². The van der Waals surface area contributed by atoms with Crippen molar-refractivity contribution in [2.24, 2.45) is 0 Å². The molecule has 1 heterocycles. The summed E-state index contributed by atoms with van der Waals surface area (Å²) in [6, 6.07) is 10.6. The Kier molecular flexibility index (Phi) is 3.24. The van der Waals surface area contributed by atoms with Crippen LogP contribution in [0.25, 0.3) is 22.1 Å². The third-order valence-corrected chi connectivity index (χ3v) is 3.46. The molecular formula is C16H15FN2O. The van der Waals surface area contributed by atoms with Crippen molar-refractivity contribution < 1.29 is 8.81 Å². The first-order chi connectivity index (χ1) is 9.70. The number of nitrogens with zero attached hydrogens (tertiary/aromatic N) is 1. The van der Waals surface area contributed by atoms with Gasteiger partial charge in [0, 0.05) is 10.9 Å². The minimum absolute atomic E-state index is 0.0375. The smallest absolute Gasteiger partial charge is 0.211 e. The van der Waals surface area contributed by atoms with Gasteiger partial charge in [-0.1, -0.05) is 24.3 Å². The van der Waals surface area contributed by atoms with E-state index in [-0.39, 0.29) is 11.9 Å². The highest BCUT2D eigenvalue weighted by molar-refractivity contribution is 5.95. The van der Waals surface area contributed by atoms with Gasteiger partial charge in [0.15, 0.2) is 5.76 Å². The Balaban J connectivity index is 2.15. The fourth-order valence-corrected chi connectivity index (χ4v) is 2.21. The summed E-state index contributed by atoms with van der Waals surface area (Å²) in [6.07, 6.45) is 1.68. The van der Waals surface area contributed by atoms with Crippen LogP contribution in [0.4, 0.5) is 4.39 Å². The highest BCUT2D eigenvalue weighted by atomic mass is 19.1. The molecule has 0 fully saturated rings. The lowest BCUT2D eigenvalue weighted by Crippen LogP contribution is -2.12. The normalized spacial score (nSPS) is 12.8. The number of hydrogen-bond acceptors (Lipinski definition) is 3. The molecule has 3 rings (SSSR count). The summed E-state index contributed by atoms with van der Waals surface area (Å²) in [4.78, 5) is 4.27. The van der Waals surface area contributed by atoms with E-state index in [1.165, 1.54) is 6.07 Å². The first kappa shape index (κ1) is 12.8. The second-order valence-electron chi connectivity index (χ2n) is 4.71. The molecule has 0 aliphatic carbocycles. The van der Waals surface area contributed by atoms with E-state index in [1.54, 1.807) is 18.3 Å². The predicted octanol–water partition coefficient (Wildman–Crippen LogP) is 3.91. The average molecular weight is 270 g/mol. The van der Waals surface area contributed by atoms with E-state index in [2.05, 4.69) is 10.3 Å². The maximum Gasteiger partial charge on any atom is 0.211 e. The molecule has 0 spiro atoms. The van der Waals surface area contributed by atoms with Crippen LogP contribution in [0.15, 0.2) is 47.0 Å². The van der Waals surface area contributed by atoms with Gasteiger partial charge in [-0.3, -0.25) is 0 Å². The Morgan fingerprint density at radius 1 is 1.15 bits per heavy atom.